The first-order valence-electron chi connectivity index (χ1n) is 14.6. The van der Waals surface area contributed by atoms with Gasteiger partial charge in [0.15, 0.2) is 4.80 Å². The number of anilines is 2. The van der Waals surface area contributed by atoms with Crippen LogP contribution in [0.1, 0.15) is 67.8 Å². The average molecular weight is 577 g/mol. The highest BCUT2D eigenvalue weighted by Gasteiger charge is 2.32. The molecular weight excluding hydrogens is 540 g/mol. The summed E-state index contributed by atoms with van der Waals surface area (Å²) in [6.45, 7) is 10.4. The van der Waals surface area contributed by atoms with Crippen LogP contribution in [0.5, 0.6) is 0 Å². The molecule has 0 aliphatic carbocycles. The molecule has 6 rings (SSSR count). The molecule has 42 heavy (non-hydrogen) atoms. The van der Waals surface area contributed by atoms with Crippen molar-refractivity contribution in [3.63, 3.8) is 0 Å². The fourth-order valence-electron chi connectivity index (χ4n) is 5.85. The number of para-hydroxylation sites is 1. The molecule has 0 unspecified atom stereocenters. The van der Waals surface area contributed by atoms with Crippen LogP contribution in [0.25, 0.3) is 6.08 Å². The van der Waals surface area contributed by atoms with E-state index in [1.54, 1.807) is 4.57 Å². The molecule has 1 atom stereocenters. The number of nitrogens with zero attached hydrogens (tertiary/aromatic N) is 3. The smallest absolute Gasteiger partial charge is 0.271 e. The fraction of sp³-hybridized carbons (Fsp3) is 0.286. The molecule has 0 spiro atoms. The Morgan fingerprint density at radius 3 is 2.38 bits per heavy atom. The Bertz CT molecular complexity index is 1840. The van der Waals surface area contributed by atoms with Gasteiger partial charge in [-0.3, -0.25) is 14.2 Å². The van der Waals surface area contributed by atoms with Crippen molar-refractivity contribution in [1.29, 1.82) is 0 Å². The molecule has 214 valence electrons. The number of amides is 1. The lowest BCUT2D eigenvalue weighted by molar-refractivity contribution is -0.113. The molecule has 1 fully saturated rings. The Balaban J connectivity index is 1.45. The number of hydrogen-bond donors (Lipinski definition) is 1. The third kappa shape index (κ3) is 5.37. The number of aromatic nitrogens is 1. The summed E-state index contributed by atoms with van der Waals surface area (Å²) in [5.41, 5.74) is 7.10. The fourth-order valence-corrected chi connectivity index (χ4v) is 6.88. The lowest BCUT2D eigenvalue weighted by atomic mass is 9.93. The predicted molar refractivity (Wildman–Crippen MR) is 172 cm³/mol. The molecule has 1 amide bonds. The van der Waals surface area contributed by atoms with Crippen LogP contribution >= 0.6 is 11.3 Å². The number of nitrogens with one attached hydrogen (secondary N) is 1. The van der Waals surface area contributed by atoms with Crippen LogP contribution in [0.2, 0.25) is 0 Å². The highest BCUT2D eigenvalue weighted by molar-refractivity contribution is 7.07. The Kier molecular flexibility index (Phi) is 7.69. The van der Waals surface area contributed by atoms with E-state index in [0.717, 1.165) is 29.8 Å². The second-order valence-electron chi connectivity index (χ2n) is 11.5. The number of fused-ring (bicyclic) bond motifs is 1. The van der Waals surface area contributed by atoms with E-state index in [1.165, 1.54) is 35.4 Å². The van der Waals surface area contributed by atoms with Gasteiger partial charge in [0.1, 0.15) is 0 Å². The van der Waals surface area contributed by atoms with Gasteiger partial charge in [0.2, 0.25) is 0 Å². The van der Waals surface area contributed by atoms with Crippen LogP contribution in [-0.2, 0) is 4.79 Å². The number of allylic oxidation sites excluding steroid dienone is 1. The summed E-state index contributed by atoms with van der Waals surface area (Å²) < 4.78 is 2.30. The van der Waals surface area contributed by atoms with Gasteiger partial charge >= 0.3 is 0 Å². The normalized spacial score (nSPS) is 17.0. The third-order valence-electron chi connectivity index (χ3n) is 8.23. The molecule has 7 heteroatoms. The van der Waals surface area contributed by atoms with Crippen molar-refractivity contribution in [1.82, 2.24) is 4.57 Å². The van der Waals surface area contributed by atoms with Crippen molar-refractivity contribution in [2.75, 3.05) is 23.3 Å². The molecular formula is C35H36N4O2S. The van der Waals surface area contributed by atoms with Gasteiger partial charge in [0, 0.05) is 24.5 Å². The third-order valence-corrected chi connectivity index (χ3v) is 9.21. The first-order valence-corrected chi connectivity index (χ1v) is 15.5. The largest absolute Gasteiger partial charge is 0.372 e. The molecule has 3 heterocycles. The van der Waals surface area contributed by atoms with Gasteiger partial charge < -0.3 is 10.2 Å². The van der Waals surface area contributed by atoms with Gasteiger partial charge in [0.05, 0.1) is 21.8 Å². The quantitative estimate of drug-likeness (QED) is 0.311. The number of aryl methyl sites for hydroxylation is 1. The van der Waals surface area contributed by atoms with E-state index >= 15 is 0 Å². The number of hydrogen-bond acceptors (Lipinski definition) is 5. The van der Waals surface area contributed by atoms with E-state index in [9.17, 15) is 9.59 Å². The minimum Gasteiger partial charge on any atom is -0.372 e. The van der Waals surface area contributed by atoms with Crippen LogP contribution in [0.15, 0.2) is 93.9 Å². The maximum atomic E-state index is 14.1. The zero-order chi connectivity index (χ0) is 29.4. The summed E-state index contributed by atoms with van der Waals surface area (Å²) in [5, 5.41) is 3.02. The van der Waals surface area contributed by atoms with Crippen molar-refractivity contribution < 1.29 is 4.79 Å². The summed E-state index contributed by atoms with van der Waals surface area (Å²) in [6.07, 6.45) is 4.43. The Labute approximate surface area is 250 Å². The lowest BCUT2D eigenvalue weighted by Crippen LogP contribution is -2.40. The Hall–Kier alpha value is -4.23. The lowest BCUT2D eigenvalue weighted by Gasteiger charge is -2.25. The summed E-state index contributed by atoms with van der Waals surface area (Å²) in [6, 6.07) is 23.5. The number of carbonyl (C=O) groups excluding carboxylic acids is 1. The average Bonchev–Trinajstić information content (AvgIpc) is 3.62. The summed E-state index contributed by atoms with van der Waals surface area (Å²) in [4.78, 5) is 35.7. The number of benzene rings is 3. The molecule has 6 nitrogen and oxygen atoms in total. The van der Waals surface area contributed by atoms with Gasteiger partial charge in [-0.15, -0.1) is 0 Å². The topological polar surface area (TPSA) is 66.7 Å². The highest BCUT2D eigenvalue weighted by atomic mass is 32.1. The van der Waals surface area contributed by atoms with E-state index < -0.39 is 6.04 Å². The predicted octanol–water partition coefficient (Wildman–Crippen LogP) is 5.91. The Morgan fingerprint density at radius 2 is 1.71 bits per heavy atom. The van der Waals surface area contributed by atoms with Crippen molar-refractivity contribution in [3.05, 3.63) is 126 Å². The maximum Gasteiger partial charge on any atom is 0.271 e. The molecule has 0 bridgehead atoms. The van der Waals surface area contributed by atoms with Gasteiger partial charge in [-0.2, -0.15) is 0 Å². The van der Waals surface area contributed by atoms with Gasteiger partial charge in [0.25, 0.3) is 11.5 Å². The number of thiazole rings is 1. The van der Waals surface area contributed by atoms with Crippen LogP contribution < -0.4 is 25.1 Å². The zero-order valence-corrected chi connectivity index (χ0v) is 25.4. The second-order valence-corrected chi connectivity index (χ2v) is 12.5. The molecule has 1 aromatic heterocycles. The zero-order valence-electron chi connectivity index (χ0n) is 24.6. The standard InChI is InChI=1S/C35H36N4O2S/c1-22(2)25-12-14-26(15-13-25)32-31(33(40)37-28-10-6-5-7-11-28)24(4)36-35-39(32)34(41)30(42-35)21-27-16-17-29(20-23(27)3)38-18-8-9-19-38/h5-7,10-17,20-22,32H,8-9,18-19H2,1-4H3,(H,37,40)/b30-21+/t32-/m1/s1. The van der Waals surface area contributed by atoms with Crippen molar-refractivity contribution in [2.45, 2.75) is 52.5 Å². The first-order chi connectivity index (χ1) is 20.3. The summed E-state index contributed by atoms with van der Waals surface area (Å²) >= 11 is 1.37. The minimum absolute atomic E-state index is 0.141. The van der Waals surface area contributed by atoms with Crippen LogP contribution in [-0.4, -0.2) is 23.6 Å². The molecule has 4 aromatic rings. The molecule has 3 aromatic carbocycles. The van der Waals surface area contributed by atoms with Gasteiger partial charge in [-0.05, 0) is 85.2 Å². The van der Waals surface area contributed by atoms with E-state index in [0.29, 0.717) is 32.2 Å². The SMILES string of the molecule is CC1=C(C(=O)Nc2ccccc2)[C@@H](c2ccc(C(C)C)cc2)n2c(s/c(=C/c3ccc(N4CCCC4)cc3C)c2=O)=N1. The highest BCUT2D eigenvalue weighted by Crippen LogP contribution is 2.32. The molecule has 2 aliphatic rings. The number of carbonyl (C=O) groups is 1. The van der Waals surface area contributed by atoms with E-state index in [2.05, 4.69) is 61.3 Å². The molecule has 0 radical (unpaired) electrons. The summed E-state index contributed by atoms with van der Waals surface area (Å²) in [5.74, 6) is 0.113. The van der Waals surface area contributed by atoms with Crippen molar-refractivity contribution in [2.24, 2.45) is 4.99 Å². The Morgan fingerprint density at radius 1 is 1.00 bits per heavy atom. The maximum absolute atomic E-state index is 14.1. The van der Waals surface area contributed by atoms with Gasteiger partial charge in [-0.1, -0.05) is 73.7 Å². The molecule has 2 aliphatic heterocycles. The van der Waals surface area contributed by atoms with E-state index in [4.69, 9.17) is 4.99 Å². The number of rotatable bonds is 6. The monoisotopic (exact) mass is 576 g/mol. The second kappa shape index (κ2) is 11.6. The van der Waals surface area contributed by atoms with Crippen molar-refractivity contribution in [3.8, 4) is 0 Å². The van der Waals surface area contributed by atoms with Crippen molar-refractivity contribution >= 4 is 34.7 Å². The van der Waals surface area contributed by atoms with E-state index in [-0.39, 0.29) is 11.5 Å². The first kappa shape index (κ1) is 27.9. The molecule has 1 N–H and O–H groups in total. The minimum atomic E-state index is -0.591. The van der Waals surface area contributed by atoms with Crippen LogP contribution in [0, 0.1) is 6.92 Å². The van der Waals surface area contributed by atoms with E-state index in [1.807, 2.05) is 55.5 Å². The van der Waals surface area contributed by atoms with Crippen LogP contribution in [0.3, 0.4) is 0 Å². The summed E-state index contributed by atoms with van der Waals surface area (Å²) in [7, 11) is 0. The van der Waals surface area contributed by atoms with Crippen LogP contribution in [0.4, 0.5) is 11.4 Å². The molecule has 1 saturated heterocycles. The molecule has 0 saturated carbocycles. The van der Waals surface area contributed by atoms with Gasteiger partial charge in [-0.25, -0.2) is 4.99 Å².